The van der Waals surface area contributed by atoms with E-state index < -0.39 is 33.3 Å². The number of para-hydroxylation sites is 1. The number of carbonyl (C=O) groups excluding carboxylic acids is 1. The average molecular weight is 412 g/mol. The van der Waals surface area contributed by atoms with Crippen molar-refractivity contribution in [1.29, 1.82) is 0 Å². The first-order valence-electron chi connectivity index (χ1n) is 8.35. The Morgan fingerprint density at radius 3 is 2.39 bits per heavy atom. The Labute approximate surface area is 160 Å². The minimum Gasteiger partial charge on any atom is -0.496 e. The molecule has 3 rings (SSSR count). The molecule has 0 saturated carbocycles. The number of halogens is 2. The summed E-state index contributed by atoms with van der Waals surface area (Å²) in [5, 5.41) is 0. The number of hydrogen-bond donors (Lipinski definition) is 1. The Kier molecular flexibility index (Phi) is 5.80. The summed E-state index contributed by atoms with van der Waals surface area (Å²) >= 11 is 0. The van der Waals surface area contributed by atoms with Crippen LogP contribution >= 0.6 is 0 Å². The molecule has 1 saturated heterocycles. The van der Waals surface area contributed by atoms with Crippen molar-refractivity contribution in [2.75, 3.05) is 38.1 Å². The van der Waals surface area contributed by atoms with Gasteiger partial charge in [0, 0.05) is 13.1 Å². The van der Waals surface area contributed by atoms with Gasteiger partial charge in [-0.15, -0.1) is 0 Å². The number of amides is 1. The highest BCUT2D eigenvalue weighted by molar-refractivity contribution is 7.92. The number of carbonyl (C=O) groups is 1. The highest BCUT2D eigenvalue weighted by Gasteiger charge is 2.25. The maximum Gasteiger partial charge on any atom is 0.262 e. The summed E-state index contributed by atoms with van der Waals surface area (Å²) < 4.78 is 65.1. The molecule has 2 aromatic rings. The zero-order valence-corrected chi connectivity index (χ0v) is 15.8. The van der Waals surface area contributed by atoms with Gasteiger partial charge in [0.15, 0.2) is 0 Å². The molecule has 28 heavy (non-hydrogen) atoms. The lowest BCUT2D eigenvalue weighted by atomic mass is 10.1. The molecule has 150 valence electrons. The van der Waals surface area contributed by atoms with Crippen molar-refractivity contribution in [2.45, 2.75) is 4.90 Å². The van der Waals surface area contributed by atoms with Crippen LogP contribution in [-0.4, -0.2) is 52.6 Å². The zero-order chi connectivity index (χ0) is 20.3. The Hall–Kier alpha value is -2.72. The summed E-state index contributed by atoms with van der Waals surface area (Å²) in [6.07, 6.45) is 0. The molecule has 10 heteroatoms. The first-order valence-corrected chi connectivity index (χ1v) is 9.83. The van der Waals surface area contributed by atoms with E-state index in [2.05, 4.69) is 0 Å². The second-order valence-corrected chi connectivity index (χ2v) is 7.65. The zero-order valence-electron chi connectivity index (χ0n) is 14.9. The van der Waals surface area contributed by atoms with Crippen LogP contribution in [0.25, 0.3) is 0 Å². The lowest BCUT2D eigenvalue weighted by Crippen LogP contribution is -2.40. The number of methoxy groups -OCH3 is 1. The van der Waals surface area contributed by atoms with Crippen molar-refractivity contribution in [3.8, 4) is 5.75 Å². The van der Waals surface area contributed by atoms with Gasteiger partial charge in [0.25, 0.3) is 15.9 Å². The summed E-state index contributed by atoms with van der Waals surface area (Å²) in [6.45, 7) is 1.47. The van der Waals surface area contributed by atoms with Crippen LogP contribution in [0.5, 0.6) is 5.75 Å². The van der Waals surface area contributed by atoms with Gasteiger partial charge < -0.3 is 14.4 Å². The van der Waals surface area contributed by atoms with Crippen LogP contribution in [0.3, 0.4) is 0 Å². The Morgan fingerprint density at radius 2 is 1.79 bits per heavy atom. The van der Waals surface area contributed by atoms with Crippen molar-refractivity contribution >= 4 is 21.6 Å². The Bertz CT molecular complexity index is 971. The smallest absolute Gasteiger partial charge is 0.262 e. The maximum atomic E-state index is 13.8. The van der Waals surface area contributed by atoms with Crippen LogP contribution < -0.4 is 9.46 Å². The largest absolute Gasteiger partial charge is 0.496 e. The van der Waals surface area contributed by atoms with Crippen LogP contribution in [0.4, 0.5) is 14.5 Å². The number of nitrogens with one attached hydrogen (secondary N) is 1. The number of hydrogen-bond acceptors (Lipinski definition) is 5. The number of ether oxygens (including phenoxy) is 2. The molecule has 2 aromatic carbocycles. The van der Waals surface area contributed by atoms with Gasteiger partial charge in [0.1, 0.15) is 23.1 Å². The summed E-state index contributed by atoms with van der Waals surface area (Å²) in [7, 11) is -3.00. The molecular weight excluding hydrogens is 394 g/mol. The molecular formula is C18H18F2N2O5S. The van der Waals surface area contributed by atoms with Crippen molar-refractivity contribution < 1.29 is 31.5 Å². The van der Waals surface area contributed by atoms with E-state index in [-0.39, 0.29) is 16.2 Å². The fraction of sp³-hybridized carbons (Fsp3) is 0.278. The van der Waals surface area contributed by atoms with E-state index in [1.165, 1.54) is 24.1 Å². The number of sulfonamides is 1. The van der Waals surface area contributed by atoms with Gasteiger partial charge in [-0.05, 0) is 30.3 Å². The number of anilines is 1. The van der Waals surface area contributed by atoms with Gasteiger partial charge in [0.05, 0.1) is 30.8 Å². The van der Waals surface area contributed by atoms with Gasteiger partial charge in [-0.2, -0.15) is 0 Å². The SMILES string of the molecule is COc1ccc(S(=O)(=O)Nc2c(F)cccc2F)cc1C(=O)N1CCOCC1. The molecule has 1 amide bonds. The summed E-state index contributed by atoms with van der Waals surface area (Å²) in [6, 6.07) is 6.62. The van der Waals surface area contributed by atoms with E-state index in [9.17, 15) is 22.0 Å². The topological polar surface area (TPSA) is 84.9 Å². The molecule has 0 unspecified atom stereocenters. The third-order valence-corrected chi connectivity index (χ3v) is 5.56. The van der Waals surface area contributed by atoms with Gasteiger partial charge in [-0.25, -0.2) is 17.2 Å². The molecule has 1 fully saturated rings. The fourth-order valence-corrected chi connectivity index (χ4v) is 3.85. The highest BCUT2D eigenvalue weighted by atomic mass is 32.2. The minimum absolute atomic E-state index is 0.0290. The number of morpholine rings is 1. The van der Waals surface area contributed by atoms with E-state index >= 15 is 0 Å². The molecule has 0 aliphatic carbocycles. The first kappa shape index (κ1) is 20.0. The molecule has 1 aliphatic heterocycles. The molecule has 0 atom stereocenters. The standard InChI is InChI=1S/C18H18F2N2O5S/c1-26-16-6-5-12(11-13(16)18(23)22-7-9-27-10-8-22)28(24,25)21-17-14(19)3-2-4-15(17)20/h2-6,11,21H,7-10H2,1H3. The van der Waals surface area contributed by atoms with Crippen molar-refractivity contribution in [3.05, 3.63) is 53.6 Å². The maximum absolute atomic E-state index is 13.8. The lowest BCUT2D eigenvalue weighted by Gasteiger charge is -2.27. The number of nitrogens with zero attached hydrogens (tertiary/aromatic N) is 1. The monoisotopic (exact) mass is 412 g/mol. The van der Waals surface area contributed by atoms with Crippen LogP contribution in [0.15, 0.2) is 41.3 Å². The average Bonchev–Trinajstić information content (AvgIpc) is 2.70. The molecule has 1 heterocycles. The lowest BCUT2D eigenvalue weighted by molar-refractivity contribution is 0.0300. The molecule has 0 aromatic heterocycles. The van der Waals surface area contributed by atoms with Crippen LogP contribution in [0.2, 0.25) is 0 Å². The van der Waals surface area contributed by atoms with E-state index in [1.807, 2.05) is 4.72 Å². The summed E-state index contributed by atoms with van der Waals surface area (Å²) in [4.78, 5) is 14.0. The molecule has 7 nitrogen and oxygen atoms in total. The Balaban J connectivity index is 1.96. The predicted molar refractivity (Wildman–Crippen MR) is 96.9 cm³/mol. The number of rotatable bonds is 5. The van der Waals surface area contributed by atoms with Gasteiger partial charge in [-0.1, -0.05) is 6.07 Å². The summed E-state index contributed by atoms with van der Waals surface area (Å²) in [5.74, 6) is -2.34. The molecule has 1 N–H and O–H groups in total. The third kappa shape index (κ3) is 4.07. The third-order valence-electron chi connectivity index (χ3n) is 4.21. The quantitative estimate of drug-likeness (QED) is 0.814. The molecule has 0 spiro atoms. The van der Waals surface area contributed by atoms with Gasteiger partial charge >= 0.3 is 0 Å². The van der Waals surface area contributed by atoms with E-state index in [1.54, 1.807) is 0 Å². The summed E-state index contributed by atoms with van der Waals surface area (Å²) in [5.41, 5.74) is -0.763. The Morgan fingerprint density at radius 1 is 1.14 bits per heavy atom. The van der Waals surface area contributed by atoms with Crippen molar-refractivity contribution in [1.82, 2.24) is 4.90 Å². The highest BCUT2D eigenvalue weighted by Crippen LogP contribution is 2.27. The first-order chi connectivity index (χ1) is 13.3. The minimum atomic E-state index is -4.35. The van der Waals surface area contributed by atoms with Crippen molar-refractivity contribution in [3.63, 3.8) is 0 Å². The van der Waals surface area contributed by atoms with Gasteiger partial charge in [0.2, 0.25) is 0 Å². The molecule has 0 radical (unpaired) electrons. The van der Waals surface area contributed by atoms with Crippen LogP contribution in [0.1, 0.15) is 10.4 Å². The van der Waals surface area contributed by atoms with E-state index in [4.69, 9.17) is 9.47 Å². The molecule has 0 bridgehead atoms. The van der Waals surface area contributed by atoms with Crippen molar-refractivity contribution in [2.24, 2.45) is 0 Å². The normalized spacial score (nSPS) is 14.6. The second-order valence-electron chi connectivity index (χ2n) is 5.97. The van der Waals surface area contributed by atoms with Gasteiger partial charge in [-0.3, -0.25) is 9.52 Å². The fourth-order valence-electron chi connectivity index (χ4n) is 2.75. The van der Waals surface area contributed by atoms with E-state index in [0.717, 1.165) is 24.3 Å². The van der Waals surface area contributed by atoms with Crippen LogP contribution in [0, 0.1) is 11.6 Å². The van der Waals surface area contributed by atoms with E-state index in [0.29, 0.717) is 26.3 Å². The molecule has 1 aliphatic rings. The van der Waals surface area contributed by atoms with Crippen LogP contribution in [-0.2, 0) is 14.8 Å². The number of benzene rings is 2. The second kappa shape index (κ2) is 8.11. The predicted octanol–water partition coefficient (Wildman–Crippen LogP) is 2.25.